The van der Waals surface area contributed by atoms with Crippen molar-refractivity contribution in [1.82, 2.24) is 15.0 Å². The molecule has 23 heavy (non-hydrogen) atoms. The second-order valence-corrected chi connectivity index (χ2v) is 6.27. The Morgan fingerprint density at radius 2 is 1.91 bits per heavy atom. The smallest absolute Gasteiger partial charge is 0.158 e. The number of fused-ring (bicyclic) bond motifs is 1. The zero-order valence-electron chi connectivity index (χ0n) is 11.7. The summed E-state index contributed by atoms with van der Waals surface area (Å²) in [6.07, 6.45) is 0. The normalized spacial score (nSPS) is 10.8. The highest BCUT2D eigenvalue weighted by Crippen LogP contribution is 2.29. The number of rotatable bonds is 2. The molecule has 0 aliphatic carbocycles. The van der Waals surface area contributed by atoms with Crippen LogP contribution < -0.4 is 0 Å². The number of hydrogen-bond acceptors (Lipinski definition) is 4. The van der Waals surface area contributed by atoms with E-state index in [1.165, 1.54) is 0 Å². The van der Waals surface area contributed by atoms with Crippen molar-refractivity contribution in [2.24, 2.45) is 0 Å². The molecule has 0 aliphatic rings. The first-order valence-electron chi connectivity index (χ1n) is 6.84. The van der Waals surface area contributed by atoms with Gasteiger partial charge in [0.2, 0.25) is 0 Å². The van der Waals surface area contributed by atoms with Crippen LogP contribution in [0.5, 0.6) is 0 Å². The van der Waals surface area contributed by atoms with Gasteiger partial charge in [-0.25, -0.2) is 9.97 Å². The number of aromatic amines is 1. The van der Waals surface area contributed by atoms with Crippen LogP contribution in [0.1, 0.15) is 5.56 Å². The molecule has 0 spiro atoms. The third-order valence-electron chi connectivity index (χ3n) is 3.45. The van der Waals surface area contributed by atoms with Crippen molar-refractivity contribution in [2.45, 2.75) is 0 Å². The first-order chi connectivity index (χ1) is 11.2. The monoisotopic (exact) mass is 336 g/mol. The van der Waals surface area contributed by atoms with Gasteiger partial charge in [-0.3, -0.25) is 0 Å². The number of hydrogen-bond donors (Lipinski definition) is 1. The molecule has 0 amide bonds. The van der Waals surface area contributed by atoms with Gasteiger partial charge in [0.05, 0.1) is 22.7 Å². The zero-order valence-corrected chi connectivity index (χ0v) is 13.3. The summed E-state index contributed by atoms with van der Waals surface area (Å²) >= 11 is 7.47. The highest BCUT2D eigenvalue weighted by molar-refractivity contribution is 7.13. The number of H-pyrrole nitrogens is 1. The largest absolute Gasteiger partial charge is 0.337 e. The summed E-state index contributed by atoms with van der Waals surface area (Å²) in [5, 5.41) is 12.5. The van der Waals surface area contributed by atoms with Crippen LogP contribution in [0, 0.1) is 11.3 Å². The minimum atomic E-state index is 0.604. The van der Waals surface area contributed by atoms with Crippen LogP contribution in [0.15, 0.2) is 47.8 Å². The molecule has 4 nitrogen and oxygen atoms in total. The molecule has 6 heteroatoms. The lowest BCUT2D eigenvalue weighted by Gasteiger charge is -1.95. The molecule has 0 fully saturated rings. The second kappa shape index (κ2) is 5.51. The van der Waals surface area contributed by atoms with E-state index in [2.05, 4.69) is 21.0 Å². The number of imidazole rings is 1. The van der Waals surface area contributed by atoms with Gasteiger partial charge in [-0.05, 0) is 30.3 Å². The second-order valence-electron chi connectivity index (χ2n) is 4.97. The van der Waals surface area contributed by atoms with E-state index >= 15 is 0 Å². The van der Waals surface area contributed by atoms with Crippen LogP contribution in [-0.2, 0) is 0 Å². The molecule has 4 rings (SSSR count). The van der Waals surface area contributed by atoms with Crippen molar-refractivity contribution in [1.29, 1.82) is 5.26 Å². The molecule has 110 valence electrons. The minimum Gasteiger partial charge on any atom is -0.337 e. The van der Waals surface area contributed by atoms with E-state index in [1.54, 1.807) is 23.5 Å². The summed E-state index contributed by atoms with van der Waals surface area (Å²) < 4.78 is 0. The van der Waals surface area contributed by atoms with Crippen LogP contribution in [0.25, 0.3) is 33.1 Å². The highest BCUT2D eigenvalue weighted by Gasteiger charge is 2.11. The number of nitriles is 1. The fourth-order valence-corrected chi connectivity index (χ4v) is 3.24. The molecule has 0 bridgehead atoms. The number of thiazole rings is 1. The Morgan fingerprint density at radius 1 is 1.09 bits per heavy atom. The quantitative estimate of drug-likeness (QED) is 0.567. The lowest BCUT2D eigenvalue weighted by Crippen LogP contribution is -1.81. The number of benzene rings is 2. The molecule has 0 atom stereocenters. The topological polar surface area (TPSA) is 65.4 Å². The Bertz CT molecular complexity index is 1040. The highest BCUT2D eigenvalue weighted by atomic mass is 35.5. The predicted molar refractivity (Wildman–Crippen MR) is 92.4 cm³/mol. The maximum absolute atomic E-state index is 8.97. The fraction of sp³-hybridized carbons (Fsp3) is 0. The molecule has 0 saturated carbocycles. The molecular formula is C17H9ClN4S. The maximum Gasteiger partial charge on any atom is 0.158 e. The summed E-state index contributed by atoms with van der Waals surface area (Å²) in [6, 6.07) is 15.1. The number of nitrogens with one attached hydrogen (secondary N) is 1. The van der Waals surface area contributed by atoms with E-state index in [9.17, 15) is 0 Å². The first kappa shape index (κ1) is 13.9. The Hall–Kier alpha value is -2.68. The molecule has 0 saturated heterocycles. The van der Waals surface area contributed by atoms with Crippen LogP contribution >= 0.6 is 22.9 Å². The van der Waals surface area contributed by atoms with Crippen molar-refractivity contribution in [3.8, 4) is 28.2 Å². The van der Waals surface area contributed by atoms with Gasteiger partial charge in [-0.2, -0.15) is 5.26 Å². The molecule has 2 aromatic carbocycles. The average Bonchev–Trinajstić information content (AvgIpc) is 3.21. The zero-order chi connectivity index (χ0) is 15.8. The Kier molecular flexibility index (Phi) is 3.34. The van der Waals surface area contributed by atoms with Gasteiger partial charge >= 0.3 is 0 Å². The first-order valence-corrected chi connectivity index (χ1v) is 8.10. The minimum absolute atomic E-state index is 0.604. The Balaban J connectivity index is 1.74. The van der Waals surface area contributed by atoms with Crippen LogP contribution in [0.2, 0.25) is 5.02 Å². The predicted octanol–water partition coefficient (Wildman–Crippen LogP) is 4.88. The van der Waals surface area contributed by atoms with Crippen molar-refractivity contribution in [3.63, 3.8) is 0 Å². The molecular weight excluding hydrogens is 328 g/mol. The van der Waals surface area contributed by atoms with Crippen molar-refractivity contribution < 1.29 is 0 Å². The van der Waals surface area contributed by atoms with Gasteiger partial charge in [-0.15, -0.1) is 11.3 Å². The van der Waals surface area contributed by atoms with Crippen LogP contribution in [0.3, 0.4) is 0 Å². The van der Waals surface area contributed by atoms with E-state index in [1.807, 2.05) is 35.7 Å². The van der Waals surface area contributed by atoms with Gasteiger partial charge in [-0.1, -0.05) is 23.7 Å². The number of nitrogens with zero attached hydrogens (tertiary/aromatic N) is 3. The average molecular weight is 337 g/mol. The molecule has 2 aromatic heterocycles. The third-order valence-corrected chi connectivity index (χ3v) is 4.59. The molecule has 2 heterocycles. The standard InChI is InChI=1S/C17H9ClN4S/c18-12-4-2-11(3-5-12)17-22-15(9-23-17)16-20-13-6-1-10(8-19)7-14(13)21-16/h1-7,9H,(H,20,21). The third kappa shape index (κ3) is 2.59. The van der Waals surface area contributed by atoms with E-state index in [0.29, 0.717) is 16.4 Å². The summed E-state index contributed by atoms with van der Waals surface area (Å²) in [6.45, 7) is 0. The summed E-state index contributed by atoms with van der Waals surface area (Å²) in [5.74, 6) is 0.701. The Labute approximate surface area is 141 Å². The molecule has 0 radical (unpaired) electrons. The van der Waals surface area contributed by atoms with Gasteiger partial charge in [0.25, 0.3) is 0 Å². The van der Waals surface area contributed by atoms with Crippen molar-refractivity contribution >= 4 is 34.0 Å². The van der Waals surface area contributed by atoms with E-state index in [4.69, 9.17) is 16.9 Å². The van der Waals surface area contributed by atoms with Crippen LogP contribution in [-0.4, -0.2) is 15.0 Å². The molecule has 0 unspecified atom stereocenters. The van der Waals surface area contributed by atoms with Crippen molar-refractivity contribution in [2.75, 3.05) is 0 Å². The lowest BCUT2D eigenvalue weighted by molar-refractivity contribution is 1.27. The maximum atomic E-state index is 8.97. The lowest BCUT2D eigenvalue weighted by atomic mass is 10.2. The van der Waals surface area contributed by atoms with E-state index in [0.717, 1.165) is 27.3 Å². The SMILES string of the molecule is N#Cc1ccc2nc(-c3csc(-c4ccc(Cl)cc4)n3)[nH]c2c1. The molecule has 4 aromatic rings. The van der Waals surface area contributed by atoms with Crippen molar-refractivity contribution in [3.05, 3.63) is 58.4 Å². The fourth-order valence-electron chi connectivity index (χ4n) is 2.31. The van der Waals surface area contributed by atoms with Gasteiger partial charge in [0, 0.05) is 16.0 Å². The number of aromatic nitrogens is 3. The van der Waals surface area contributed by atoms with E-state index < -0.39 is 0 Å². The van der Waals surface area contributed by atoms with Gasteiger partial charge in [0.1, 0.15) is 10.7 Å². The Morgan fingerprint density at radius 3 is 2.70 bits per heavy atom. The number of halogens is 1. The van der Waals surface area contributed by atoms with Gasteiger partial charge in [0.15, 0.2) is 5.82 Å². The summed E-state index contributed by atoms with van der Waals surface area (Å²) in [7, 11) is 0. The summed E-state index contributed by atoms with van der Waals surface area (Å²) in [5.41, 5.74) is 4.07. The van der Waals surface area contributed by atoms with Gasteiger partial charge < -0.3 is 4.98 Å². The summed E-state index contributed by atoms with van der Waals surface area (Å²) in [4.78, 5) is 12.4. The molecule has 1 N–H and O–H groups in total. The van der Waals surface area contributed by atoms with Crippen LogP contribution in [0.4, 0.5) is 0 Å². The molecule has 0 aliphatic heterocycles. The van der Waals surface area contributed by atoms with E-state index in [-0.39, 0.29) is 0 Å².